The maximum atomic E-state index is 12.5. The lowest BCUT2D eigenvalue weighted by Crippen LogP contribution is -2.19. The zero-order valence-electron chi connectivity index (χ0n) is 18.3. The maximum Gasteiger partial charge on any atom is 0.271 e. The van der Waals surface area contributed by atoms with Crippen molar-refractivity contribution in [2.45, 2.75) is 13.5 Å². The average molecular weight is 473 g/mol. The van der Waals surface area contributed by atoms with Gasteiger partial charge < -0.3 is 5.32 Å². The molecule has 0 spiro atoms. The number of pyridine rings is 1. The van der Waals surface area contributed by atoms with Crippen molar-refractivity contribution in [3.8, 4) is 0 Å². The Labute approximate surface area is 201 Å². The van der Waals surface area contributed by atoms with E-state index in [0.29, 0.717) is 34.1 Å². The number of rotatable bonds is 7. The van der Waals surface area contributed by atoms with E-state index in [1.807, 2.05) is 24.3 Å². The van der Waals surface area contributed by atoms with Crippen LogP contribution in [-0.2, 0) is 6.54 Å². The Morgan fingerprint density at radius 1 is 0.912 bits per heavy atom. The fourth-order valence-electron chi connectivity index (χ4n) is 3.14. The van der Waals surface area contributed by atoms with Crippen LogP contribution in [0.2, 0.25) is 5.02 Å². The Kier molecular flexibility index (Phi) is 7.10. The summed E-state index contributed by atoms with van der Waals surface area (Å²) in [5.74, 6) is -0.526. The van der Waals surface area contributed by atoms with Gasteiger partial charge >= 0.3 is 0 Å². The molecule has 0 aliphatic heterocycles. The van der Waals surface area contributed by atoms with E-state index < -0.39 is 0 Å². The molecule has 4 rings (SSSR count). The summed E-state index contributed by atoms with van der Waals surface area (Å²) in [6, 6.07) is 17.7. The molecular formula is C25H21ClN6O2. The number of nitrogens with zero attached hydrogens (tertiary/aromatic N) is 4. The highest BCUT2D eigenvalue weighted by atomic mass is 35.5. The molecule has 0 bridgehead atoms. The van der Waals surface area contributed by atoms with Gasteiger partial charge in [-0.2, -0.15) is 10.2 Å². The summed E-state index contributed by atoms with van der Waals surface area (Å²) < 4.78 is 1.72. The summed E-state index contributed by atoms with van der Waals surface area (Å²) in [5.41, 5.74) is 6.69. The van der Waals surface area contributed by atoms with E-state index in [0.717, 1.165) is 11.1 Å². The molecule has 0 aliphatic rings. The number of amides is 2. The molecule has 0 unspecified atom stereocenters. The molecular weight excluding hydrogens is 452 g/mol. The smallest absolute Gasteiger partial charge is 0.271 e. The van der Waals surface area contributed by atoms with Crippen LogP contribution in [-0.4, -0.2) is 32.3 Å². The van der Waals surface area contributed by atoms with Gasteiger partial charge in [0.25, 0.3) is 11.8 Å². The van der Waals surface area contributed by atoms with E-state index in [9.17, 15) is 9.59 Å². The first-order valence-electron chi connectivity index (χ1n) is 10.4. The molecule has 8 nitrogen and oxygen atoms in total. The summed E-state index contributed by atoms with van der Waals surface area (Å²) in [7, 11) is 0. The van der Waals surface area contributed by atoms with Gasteiger partial charge in [0, 0.05) is 35.4 Å². The highest BCUT2D eigenvalue weighted by molar-refractivity contribution is 6.30. The molecule has 2 amide bonds. The van der Waals surface area contributed by atoms with Crippen LogP contribution in [0, 0.1) is 0 Å². The van der Waals surface area contributed by atoms with Crippen molar-refractivity contribution in [3.63, 3.8) is 0 Å². The highest BCUT2D eigenvalue weighted by Crippen LogP contribution is 2.13. The molecule has 2 aromatic heterocycles. The summed E-state index contributed by atoms with van der Waals surface area (Å²) in [4.78, 5) is 28.6. The molecule has 0 aliphatic carbocycles. The average Bonchev–Trinajstić information content (AvgIpc) is 3.28. The summed E-state index contributed by atoms with van der Waals surface area (Å²) in [5, 5.41) is 11.7. The SMILES string of the molecule is C/C(=N/NC(=O)c1ccc(Cn2cc(Cl)cn2)cc1)c1ccc(NC(=O)c2ccncc2)cc1. The topological polar surface area (TPSA) is 101 Å². The second kappa shape index (κ2) is 10.5. The molecule has 2 N–H and O–H groups in total. The third kappa shape index (κ3) is 5.93. The Hall–Kier alpha value is -4.30. The van der Waals surface area contributed by atoms with Gasteiger partial charge in [0.15, 0.2) is 0 Å². The molecule has 0 radical (unpaired) electrons. The number of halogens is 1. The fourth-order valence-corrected chi connectivity index (χ4v) is 3.29. The van der Waals surface area contributed by atoms with Gasteiger partial charge in [-0.15, -0.1) is 0 Å². The number of hydrazone groups is 1. The molecule has 2 aromatic carbocycles. The number of benzene rings is 2. The first-order valence-corrected chi connectivity index (χ1v) is 10.8. The molecule has 0 fully saturated rings. The molecule has 34 heavy (non-hydrogen) atoms. The van der Waals surface area contributed by atoms with Crippen molar-refractivity contribution in [2.75, 3.05) is 5.32 Å². The van der Waals surface area contributed by atoms with Crippen LogP contribution in [0.15, 0.2) is 90.6 Å². The predicted molar refractivity (Wildman–Crippen MR) is 131 cm³/mol. The van der Waals surface area contributed by atoms with Crippen molar-refractivity contribution in [2.24, 2.45) is 5.10 Å². The lowest BCUT2D eigenvalue weighted by molar-refractivity contribution is 0.0954. The van der Waals surface area contributed by atoms with E-state index in [1.165, 1.54) is 0 Å². The van der Waals surface area contributed by atoms with E-state index >= 15 is 0 Å². The highest BCUT2D eigenvalue weighted by Gasteiger charge is 2.08. The first kappa shape index (κ1) is 22.9. The van der Waals surface area contributed by atoms with Gasteiger partial charge in [-0.3, -0.25) is 19.3 Å². The standard InChI is InChI=1S/C25H21ClN6O2/c1-17(19-6-8-23(9-7-19)29-24(33)21-10-12-27-13-11-21)30-31-25(34)20-4-2-18(3-5-20)15-32-16-22(26)14-28-32/h2-14,16H,15H2,1H3,(H,29,33)(H,31,34)/b30-17-. The van der Waals surface area contributed by atoms with Crippen LogP contribution in [0.4, 0.5) is 5.69 Å². The van der Waals surface area contributed by atoms with Crippen LogP contribution < -0.4 is 10.7 Å². The quantitative estimate of drug-likeness (QED) is 0.307. The Morgan fingerprint density at radius 3 is 2.21 bits per heavy atom. The van der Waals surface area contributed by atoms with Crippen molar-refractivity contribution in [1.29, 1.82) is 0 Å². The third-order valence-corrected chi connectivity index (χ3v) is 5.19. The minimum Gasteiger partial charge on any atom is -0.322 e. The van der Waals surface area contributed by atoms with Crippen molar-refractivity contribution in [3.05, 3.63) is 113 Å². The summed E-state index contributed by atoms with van der Waals surface area (Å²) >= 11 is 5.88. The van der Waals surface area contributed by atoms with Crippen LogP contribution in [0.1, 0.15) is 38.8 Å². The lowest BCUT2D eigenvalue weighted by atomic mass is 10.1. The first-order chi connectivity index (χ1) is 16.5. The van der Waals surface area contributed by atoms with Gasteiger partial charge in [-0.25, -0.2) is 5.43 Å². The van der Waals surface area contributed by atoms with Gasteiger partial charge in [-0.1, -0.05) is 35.9 Å². The summed E-state index contributed by atoms with van der Waals surface area (Å²) in [6.45, 7) is 2.36. The lowest BCUT2D eigenvalue weighted by Gasteiger charge is -2.07. The molecule has 0 saturated heterocycles. The molecule has 9 heteroatoms. The number of anilines is 1. The summed E-state index contributed by atoms with van der Waals surface area (Å²) in [6.07, 6.45) is 6.45. The van der Waals surface area contributed by atoms with Gasteiger partial charge in [0.1, 0.15) is 0 Å². The molecule has 4 aromatic rings. The molecule has 0 saturated carbocycles. The van der Waals surface area contributed by atoms with Gasteiger partial charge in [0.2, 0.25) is 0 Å². The minimum absolute atomic E-state index is 0.216. The second-order valence-corrected chi connectivity index (χ2v) is 7.89. The number of aromatic nitrogens is 3. The van der Waals surface area contributed by atoms with E-state index in [1.54, 1.807) is 72.8 Å². The monoisotopic (exact) mass is 472 g/mol. The molecule has 170 valence electrons. The zero-order valence-corrected chi connectivity index (χ0v) is 19.0. The Bertz CT molecular complexity index is 1320. The second-order valence-electron chi connectivity index (χ2n) is 7.46. The van der Waals surface area contributed by atoms with Crippen LogP contribution in [0.5, 0.6) is 0 Å². The van der Waals surface area contributed by atoms with E-state index in [2.05, 4.69) is 25.9 Å². The van der Waals surface area contributed by atoms with Crippen LogP contribution in [0.25, 0.3) is 0 Å². The zero-order chi connectivity index (χ0) is 23.9. The number of carbonyl (C=O) groups excluding carboxylic acids is 2. The Balaban J connectivity index is 1.33. The van der Waals surface area contributed by atoms with Crippen molar-refractivity contribution in [1.82, 2.24) is 20.2 Å². The van der Waals surface area contributed by atoms with Crippen LogP contribution in [0.3, 0.4) is 0 Å². The Morgan fingerprint density at radius 2 is 1.56 bits per heavy atom. The number of carbonyl (C=O) groups is 2. The van der Waals surface area contributed by atoms with E-state index in [4.69, 9.17) is 11.6 Å². The fraction of sp³-hybridized carbons (Fsp3) is 0.0800. The van der Waals surface area contributed by atoms with Gasteiger partial charge in [0.05, 0.1) is 23.5 Å². The van der Waals surface area contributed by atoms with Crippen LogP contribution >= 0.6 is 11.6 Å². The number of nitrogens with one attached hydrogen (secondary N) is 2. The minimum atomic E-state index is -0.311. The predicted octanol–water partition coefficient (Wildman–Crippen LogP) is 4.39. The number of hydrogen-bond donors (Lipinski definition) is 2. The number of hydrogen-bond acceptors (Lipinski definition) is 5. The largest absolute Gasteiger partial charge is 0.322 e. The normalized spacial score (nSPS) is 11.2. The maximum absolute atomic E-state index is 12.5. The third-order valence-electron chi connectivity index (χ3n) is 4.99. The van der Waals surface area contributed by atoms with E-state index in [-0.39, 0.29) is 11.8 Å². The molecule has 0 atom stereocenters. The van der Waals surface area contributed by atoms with Crippen molar-refractivity contribution < 1.29 is 9.59 Å². The molecule has 2 heterocycles. The van der Waals surface area contributed by atoms with Gasteiger partial charge in [-0.05, 0) is 54.4 Å². The van der Waals surface area contributed by atoms with Crippen molar-refractivity contribution >= 4 is 34.8 Å².